The zero-order chi connectivity index (χ0) is 15.4. The van der Waals surface area contributed by atoms with E-state index in [1.165, 1.54) is 17.7 Å². The Bertz CT molecular complexity index is 614. The van der Waals surface area contributed by atoms with Gasteiger partial charge in [0.15, 0.2) is 0 Å². The average molecular weight is 325 g/mol. The molecule has 6 heteroatoms. The number of phenolic OH excluding ortho intramolecular Hbond substituents is 1. The van der Waals surface area contributed by atoms with Crippen LogP contribution in [0.1, 0.15) is 22.0 Å². The van der Waals surface area contributed by atoms with Crippen molar-refractivity contribution >= 4 is 28.8 Å². The quantitative estimate of drug-likeness (QED) is 0.888. The molecule has 1 heterocycles. The molecule has 112 valence electrons. The first-order chi connectivity index (χ1) is 9.99. The van der Waals surface area contributed by atoms with Crippen LogP contribution in [-0.4, -0.2) is 36.6 Å². The fraction of sp³-hybridized carbons (Fsp3) is 0.267. The van der Waals surface area contributed by atoms with Crippen molar-refractivity contribution in [1.29, 1.82) is 0 Å². The van der Waals surface area contributed by atoms with Gasteiger partial charge >= 0.3 is 0 Å². The van der Waals surface area contributed by atoms with Crippen LogP contribution in [0.15, 0.2) is 35.0 Å². The minimum Gasteiger partial charge on any atom is -0.506 e. The summed E-state index contributed by atoms with van der Waals surface area (Å²) in [6, 6.07) is 6.60. The predicted octanol–water partition coefficient (Wildman–Crippen LogP) is 3.14. The van der Waals surface area contributed by atoms with Crippen molar-refractivity contribution in [3.05, 3.63) is 51.2 Å². The number of nitrogens with zero attached hydrogens (tertiary/aromatic N) is 1. The summed E-state index contributed by atoms with van der Waals surface area (Å²) >= 11 is 7.45. The second-order valence-corrected chi connectivity index (χ2v) is 6.10. The van der Waals surface area contributed by atoms with E-state index in [4.69, 9.17) is 11.6 Å². The number of carbonyl (C=O) groups excluding carboxylic acids is 1. The fourth-order valence-corrected chi connectivity index (χ4v) is 2.89. The zero-order valence-electron chi connectivity index (χ0n) is 11.8. The number of nitrogens with one attached hydrogen (secondary N) is 1. The number of benzene rings is 1. The topological polar surface area (TPSA) is 52.6 Å². The van der Waals surface area contributed by atoms with E-state index in [0.29, 0.717) is 12.1 Å². The molecule has 0 saturated heterocycles. The van der Waals surface area contributed by atoms with Gasteiger partial charge in [0.2, 0.25) is 0 Å². The number of carbonyl (C=O) groups is 1. The van der Waals surface area contributed by atoms with E-state index in [2.05, 4.69) is 21.7 Å². The summed E-state index contributed by atoms with van der Waals surface area (Å²) < 4.78 is 0. The van der Waals surface area contributed by atoms with E-state index in [1.807, 2.05) is 19.5 Å². The summed E-state index contributed by atoms with van der Waals surface area (Å²) in [7, 11) is 3.96. The second kappa shape index (κ2) is 6.93. The van der Waals surface area contributed by atoms with Crippen molar-refractivity contribution in [1.82, 2.24) is 10.2 Å². The van der Waals surface area contributed by atoms with Gasteiger partial charge in [-0.25, -0.2) is 0 Å². The maximum Gasteiger partial charge on any atom is 0.251 e. The van der Waals surface area contributed by atoms with Crippen LogP contribution in [0.3, 0.4) is 0 Å². The Morgan fingerprint density at radius 1 is 1.43 bits per heavy atom. The van der Waals surface area contributed by atoms with Crippen LogP contribution >= 0.6 is 22.9 Å². The van der Waals surface area contributed by atoms with Crippen molar-refractivity contribution in [2.45, 2.75) is 6.04 Å². The van der Waals surface area contributed by atoms with Crippen LogP contribution in [0.4, 0.5) is 0 Å². The van der Waals surface area contributed by atoms with Gasteiger partial charge in [-0.2, -0.15) is 11.3 Å². The van der Waals surface area contributed by atoms with E-state index in [9.17, 15) is 9.90 Å². The molecule has 0 aliphatic rings. The van der Waals surface area contributed by atoms with E-state index >= 15 is 0 Å². The number of halogens is 1. The van der Waals surface area contributed by atoms with Crippen LogP contribution in [0.5, 0.6) is 5.75 Å². The molecule has 0 fully saturated rings. The number of thiophene rings is 1. The van der Waals surface area contributed by atoms with Gasteiger partial charge in [0, 0.05) is 12.1 Å². The lowest BCUT2D eigenvalue weighted by Crippen LogP contribution is -2.34. The average Bonchev–Trinajstić information content (AvgIpc) is 2.95. The highest BCUT2D eigenvalue weighted by Crippen LogP contribution is 2.24. The standard InChI is InChI=1S/C15H17ClN2O2S/c1-18(2)13(11-5-6-21-9-11)8-17-15(20)10-3-4-14(19)12(16)7-10/h3-7,9,13,19H,8H2,1-2H3,(H,17,20)/t13-/m1/s1. The number of aromatic hydroxyl groups is 1. The number of phenols is 1. The summed E-state index contributed by atoms with van der Waals surface area (Å²) in [4.78, 5) is 14.2. The highest BCUT2D eigenvalue weighted by atomic mass is 35.5. The summed E-state index contributed by atoms with van der Waals surface area (Å²) in [6.45, 7) is 0.501. The number of hydrogen-bond acceptors (Lipinski definition) is 4. The van der Waals surface area contributed by atoms with Crippen molar-refractivity contribution in [2.75, 3.05) is 20.6 Å². The predicted molar refractivity (Wildman–Crippen MR) is 86.2 cm³/mol. The van der Waals surface area contributed by atoms with Gasteiger partial charge in [-0.15, -0.1) is 0 Å². The van der Waals surface area contributed by atoms with Crippen LogP contribution < -0.4 is 5.32 Å². The Labute approximate surface area is 133 Å². The molecule has 2 N–H and O–H groups in total. The molecule has 4 nitrogen and oxygen atoms in total. The molecule has 1 aromatic heterocycles. The number of hydrogen-bond donors (Lipinski definition) is 2. The molecule has 2 rings (SSSR count). The first-order valence-corrected chi connectivity index (χ1v) is 7.76. The number of likely N-dealkylation sites (N-methyl/N-ethyl adjacent to an activating group) is 1. The first-order valence-electron chi connectivity index (χ1n) is 6.44. The molecule has 0 radical (unpaired) electrons. The van der Waals surface area contributed by atoms with Gasteiger partial charge in [-0.1, -0.05) is 11.6 Å². The Kier molecular flexibility index (Phi) is 5.22. The maximum atomic E-state index is 12.1. The van der Waals surface area contributed by atoms with Crippen molar-refractivity contribution in [2.24, 2.45) is 0 Å². The summed E-state index contributed by atoms with van der Waals surface area (Å²) in [6.07, 6.45) is 0. The molecule has 1 amide bonds. The van der Waals surface area contributed by atoms with Gasteiger partial charge in [-0.05, 0) is 54.7 Å². The van der Waals surface area contributed by atoms with Crippen LogP contribution in [0.2, 0.25) is 5.02 Å². The van der Waals surface area contributed by atoms with Gasteiger partial charge in [-0.3, -0.25) is 4.79 Å². The second-order valence-electron chi connectivity index (χ2n) is 4.91. The van der Waals surface area contributed by atoms with Crippen LogP contribution in [0, 0.1) is 0 Å². The van der Waals surface area contributed by atoms with E-state index in [0.717, 1.165) is 0 Å². The molecular formula is C15H17ClN2O2S. The minimum absolute atomic E-state index is 0.0299. The first kappa shape index (κ1) is 15.8. The minimum atomic E-state index is -0.209. The molecule has 1 aromatic carbocycles. The van der Waals surface area contributed by atoms with E-state index in [-0.39, 0.29) is 22.7 Å². The summed E-state index contributed by atoms with van der Waals surface area (Å²) in [5, 5.41) is 16.5. The van der Waals surface area contributed by atoms with Crippen molar-refractivity contribution in [3.63, 3.8) is 0 Å². The molecule has 0 aliphatic carbocycles. The molecule has 21 heavy (non-hydrogen) atoms. The largest absolute Gasteiger partial charge is 0.506 e. The molecular weight excluding hydrogens is 308 g/mol. The van der Waals surface area contributed by atoms with E-state index in [1.54, 1.807) is 17.4 Å². The highest BCUT2D eigenvalue weighted by molar-refractivity contribution is 7.07. The Balaban J connectivity index is 2.03. The Hall–Kier alpha value is -1.56. The van der Waals surface area contributed by atoms with Crippen molar-refractivity contribution < 1.29 is 9.90 Å². The Morgan fingerprint density at radius 2 is 2.19 bits per heavy atom. The van der Waals surface area contributed by atoms with Crippen molar-refractivity contribution in [3.8, 4) is 5.75 Å². The summed E-state index contributed by atoms with van der Waals surface area (Å²) in [5.41, 5.74) is 1.61. The third kappa shape index (κ3) is 3.97. The third-order valence-electron chi connectivity index (χ3n) is 3.22. The number of amides is 1. The molecule has 0 aliphatic heterocycles. The SMILES string of the molecule is CN(C)[C@H](CNC(=O)c1ccc(O)c(Cl)c1)c1ccsc1. The third-order valence-corrected chi connectivity index (χ3v) is 4.22. The molecule has 0 spiro atoms. The molecule has 0 unspecified atom stereocenters. The molecule has 1 atom stereocenters. The fourth-order valence-electron chi connectivity index (χ4n) is 2.00. The Morgan fingerprint density at radius 3 is 2.76 bits per heavy atom. The molecule has 0 saturated carbocycles. The van der Waals surface area contributed by atoms with E-state index < -0.39 is 0 Å². The lowest BCUT2D eigenvalue weighted by Gasteiger charge is -2.24. The van der Waals surface area contributed by atoms with Gasteiger partial charge < -0.3 is 15.3 Å². The molecule has 2 aromatic rings. The van der Waals surface area contributed by atoms with Gasteiger partial charge in [0.1, 0.15) is 5.75 Å². The summed E-state index contributed by atoms with van der Waals surface area (Å²) in [5.74, 6) is -0.239. The number of rotatable bonds is 5. The smallest absolute Gasteiger partial charge is 0.251 e. The van der Waals surface area contributed by atoms with Crippen LogP contribution in [0.25, 0.3) is 0 Å². The highest BCUT2D eigenvalue weighted by Gasteiger charge is 2.16. The normalized spacial score (nSPS) is 12.4. The van der Waals surface area contributed by atoms with Crippen LogP contribution in [-0.2, 0) is 0 Å². The monoisotopic (exact) mass is 324 g/mol. The van der Waals surface area contributed by atoms with Gasteiger partial charge in [0.05, 0.1) is 11.1 Å². The zero-order valence-corrected chi connectivity index (χ0v) is 13.4. The lowest BCUT2D eigenvalue weighted by atomic mass is 10.1. The maximum absolute atomic E-state index is 12.1. The van der Waals surface area contributed by atoms with Gasteiger partial charge in [0.25, 0.3) is 5.91 Å². The molecule has 0 bridgehead atoms. The lowest BCUT2D eigenvalue weighted by molar-refractivity contribution is 0.0942.